The standard InChI is InChI=1S/C17H22F2.CH4.H2/c1-3-13-5-7-14(8-6-13)9-11-15-10-4-12(2)16(18)17(15)19;;/h3-4,10,13-14H,1,5-9,11H2,2H3;1H4;1H. The van der Waals surface area contributed by atoms with E-state index in [1.165, 1.54) is 25.7 Å². The maximum atomic E-state index is 13.7. The fraction of sp³-hybridized carbons (Fsp3) is 0.556. The molecule has 1 aliphatic carbocycles. The molecule has 0 nitrogen and oxygen atoms in total. The van der Waals surface area contributed by atoms with Crippen LogP contribution in [0.25, 0.3) is 0 Å². The lowest BCUT2D eigenvalue weighted by Gasteiger charge is -2.26. The molecule has 1 aromatic rings. The number of halogens is 2. The van der Waals surface area contributed by atoms with E-state index < -0.39 is 11.6 Å². The molecule has 1 saturated carbocycles. The minimum atomic E-state index is -0.687. The van der Waals surface area contributed by atoms with E-state index in [1.807, 2.05) is 6.08 Å². The van der Waals surface area contributed by atoms with Gasteiger partial charge < -0.3 is 0 Å². The Kier molecular flexibility index (Phi) is 6.38. The molecule has 0 heterocycles. The third kappa shape index (κ3) is 3.91. The van der Waals surface area contributed by atoms with Crippen LogP contribution in [0.4, 0.5) is 8.78 Å². The summed E-state index contributed by atoms with van der Waals surface area (Å²) in [4.78, 5) is 0. The summed E-state index contributed by atoms with van der Waals surface area (Å²) in [7, 11) is 0. The minimum Gasteiger partial charge on any atom is -0.203 e. The maximum absolute atomic E-state index is 13.7. The number of hydrogen-bond acceptors (Lipinski definition) is 0. The molecule has 2 rings (SSSR count). The highest BCUT2D eigenvalue weighted by atomic mass is 19.2. The zero-order chi connectivity index (χ0) is 13.8. The van der Waals surface area contributed by atoms with Gasteiger partial charge in [0.25, 0.3) is 0 Å². The summed E-state index contributed by atoms with van der Waals surface area (Å²) < 4.78 is 27.2. The van der Waals surface area contributed by atoms with Crippen molar-refractivity contribution in [2.45, 2.75) is 52.9 Å². The highest BCUT2D eigenvalue weighted by molar-refractivity contribution is 5.25. The van der Waals surface area contributed by atoms with E-state index in [-0.39, 0.29) is 8.85 Å². The van der Waals surface area contributed by atoms with Crippen LogP contribution in [0.3, 0.4) is 0 Å². The second-order valence-corrected chi connectivity index (χ2v) is 5.72. The van der Waals surface area contributed by atoms with Gasteiger partial charge in [-0.25, -0.2) is 8.78 Å². The van der Waals surface area contributed by atoms with Crippen molar-refractivity contribution in [3.05, 3.63) is 47.5 Å². The second kappa shape index (κ2) is 7.56. The van der Waals surface area contributed by atoms with Crippen molar-refractivity contribution in [1.29, 1.82) is 0 Å². The van der Waals surface area contributed by atoms with E-state index in [1.54, 1.807) is 19.1 Å². The van der Waals surface area contributed by atoms with Gasteiger partial charge in [0.15, 0.2) is 11.6 Å². The Morgan fingerprint density at radius 2 is 1.85 bits per heavy atom. The van der Waals surface area contributed by atoms with Crippen LogP contribution in [0.1, 0.15) is 52.1 Å². The Hall–Kier alpha value is -1.18. The van der Waals surface area contributed by atoms with Crippen LogP contribution < -0.4 is 0 Å². The van der Waals surface area contributed by atoms with Crippen molar-refractivity contribution in [2.75, 3.05) is 0 Å². The average molecular weight is 282 g/mol. The first kappa shape index (κ1) is 16.9. The Morgan fingerprint density at radius 3 is 2.45 bits per heavy atom. The Morgan fingerprint density at radius 1 is 1.20 bits per heavy atom. The van der Waals surface area contributed by atoms with E-state index in [4.69, 9.17) is 0 Å². The topological polar surface area (TPSA) is 0 Å². The summed E-state index contributed by atoms with van der Waals surface area (Å²) in [6, 6.07) is 3.39. The molecular weight excluding hydrogens is 254 g/mol. The first-order chi connectivity index (χ1) is 9.11. The molecule has 2 heteroatoms. The first-order valence-electron chi connectivity index (χ1n) is 7.18. The van der Waals surface area contributed by atoms with E-state index in [0.29, 0.717) is 29.4 Å². The van der Waals surface area contributed by atoms with E-state index in [0.717, 1.165) is 6.42 Å². The van der Waals surface area contributed by atoms with Gasteiger partial charge in [0, 0.05) is 1.43 Å². The van der Waals surface area contributed by atoms with Gasteiger partial charge in [0.05, 0.1) is 0 Å². The fourth-order valence-corrected chi connectivity index (χ4v) is 2.95. The predicted molar refractivity (Wildman–Crippen MR) is 83.9 cm³/mol. The van der Waals surface area contributed by atoms with E-state index in [9.17, 15) is 8.78 Å². The van der Waals surface area contributed by atoms with Gasteiger partial charge in [0.2, 0.25) is 0 Å². The SMILES string of the molecule is C.C=CC1CCC(CCc2ccc(C)c(F)c2F)CC1.[HH]. The van der Waals surface area contributed by atoms with Gasteiger partial charge in [0.1, 0.15) is 0 Å². The van der Waals surface area contributed by atoms with Crippen molar-refractivity contribution in [3.8, 4) is 0 Å². The Bertz CT molecular complexity index is 449. The molecule has 0 atom stereocenters. The molecule has 20 heavy (non-hydrogen) atoms. The quantitative estimate of drug-likeness (QED) is 0.587. The molecule has 0 amide bonds. The van der Waals surface area contributed by atoms with Crippen LogP contribution in [0, 0.1) is 30.4 Å². The largest absolute Gasteiger partial charge is 0.203 e. The van der Waals surface area contributed by atoms with Crippen molar-refractivity contribution in [2.24, 2.45) is 11.8 Å². The van der Waals surface area contributed by atoms with Crippen LogP contribution in [-0.4, -0.2) is 0 Å². The third-order valence-corrected chi connectivity index (χ3v) is 4.40. The Labute approximate surface area is 123 Å². The molecule has 0 aromatic heterocycles. The number of allylic oxidation sites excluding steroid dienone is 1. The molecule has 0 bridgehead atoms. The molecular formula is C18H28F2. The lowest BCUT2D eigenvalue weighted by atomic mass is 9.79. The number of rotatable bonds is 4. The van der Waals surface area contributed by atoms with Gasteiger partial charge in [-0.1, -0.05) is 25.6 Å². The maximum Gasteiger partial charge on any atom is 0.162 e. The van der Waals surface area contributed by atoms with Crippen molar-refractivity contribution >= 4 is 0 Å². The van der Waals surface area contributed by atoms with Crippen LogP contribution >= 0.6 is 0 Å². The van der Waals surface area contributed by atoms with Crippen molar-refractivity contribution < 1.29 is 10.2 Å². The van der Waals surface area contributed by atoms with Crippen LogP contribution in [-0.2, 0) is 6.42 Å². The number of hydrogen-bond donors (Lipinski definition) is 0. The highest BCUT2D eigenvalue weighted by Gasteiger charge is 2.20. The Balaban J connectivity index is 0.00000200. The predicted octanol–water partition coefficient (Wildman–Crippen LogP) is 6.08. The summed E-state index contributed by atoms with van der Waals surface area (Å²) in [5, 5.41) is 0. The zero-order valence-electron chi connectivity index (χ0n) is 11.6. The lowest BCUT2D eigenvalue weighted by Crippen LogP contribution is -2.14. The molecule has 1 aliphatic rings. The fourth-order valence-electron chi connectivity index (χ4n) is 2.95. The highest BCUT2D eigenvalue weighted by Crippen LogP contribution is 2.32. The summed E-state index contributed by atoms with van der Waals surface area (Å²) in [6.07, 6.45) is 8.41. The molecule has 0 radical (unpaired) electrons. The summed E-state index contributed by atoms with van der Waals surface area (Å²) in [5.41, 5.74) is 0.904. The number of benzene rings is 1. The van der Waals surface area contributed by atoms with Gasteiger partial charge in [-0.15, -0.1) is 6.58 Å². The molecule has 0 spiro atoms. The molecule has 1 fully saturated rings. The van der Waals surface area contributed by atoms with Gasteiger partial charge >= 0.3 is 0 Å². The normalized spacial score (nSPS) is 22.1. The van der Waals surface area contributed by atoms with Crippen LogP contribution in [0.5, 0.6) is 0 Å². The van der Waals surface area contributed by atoms with Crippen molar-refractivity contribution in [1.82, 2.24) is 0 Å². The molecule has 0 aliphatic heterocycles. The van der Waals surface area contributed by atoms with Crippen molar-refractivity contribution in [3.63, 3.8) is 0 Å². The summed E-state index contributed by atoms with van der Waals surface area (Å²) >= 11 is 0. The van der Waals surface area contributed by atoms with Crippen LogP contribution in [0.15, 0.2) is 24.8 Å². The molecule has 1 aromatic carbocycles. The summed E-state index contributed by atoms with van der Waals surface area (Å²) in [5.74, 6) is -0.0302. The second-order valence-electron chi connectivity index (χ2n) is 5.72. The van der Waals surface area contributed by atoms with E-state index >= 15 is 0 Å². The van der Waals surface area contributed by atoms with Gasteiger partial charge in [-0.2, -0.15) is 0 Å². The van der Waals surface area contributed by atoms with Gasteiger partial charge in [-0.3, -0.25) is 0 Å². The van der Waals surface area contributed by atoms with Crippen LogP contribution in [0.2, 0.25) is 0 Å². The first-order valence-corrected chi connectivity index (χ1v) is 7.18. The molecule has 0 N–H and O–H groups in total. The zero-order valence-corrected chi connectivity index (χ0v) is 11.6. The minimum absolute atomic E-state index is 0. The smallest absolute Gasteiger partial charge is 0.162 e. The average Bonchev–Trinajstić information content (AvgIpc) is 2.45. The molecule has 0 saturated heterocycles. The summed E-state index contributed by atoms with van der Waals surface area (Å²) in [6.45, 7) is 5.44. The van der Waals surface area contributed by atoms with Gasteiger partial charge in [-0.05, 0) is 68.4 Å². The third-order valence-electron chi connectivity index (χ3n) is 4.40. The number of aryl methyl sites for hydroxylation is 2. The molecule has 114 valence electrons. The van der Waals surface area contributed by atoms with E-state index in [2.05, 4.69) is 6.58 Å². The lowest BCUT2D eigenvalue weighted by molar-refractivity contribution is 0.295. The monoisotopic (exact) mass is 282 g/mol. The molecule has 0 unspecified atom stereocenters.